The molecule has 0 aliphatic carbocycles. The molecule has 172 valence electrons. The number of carboxylic acids is 1. The Hall–Kier alpha value is -3.25. The number of aromatic nitrogens is 2. The van der Waals surface area contributed by atoms with E-state index in [2.05, 4.69) is 35.0 Å². The number of fused-ring (bicyclic) bond motifs is 1. The van der Waals surface area contributed by atoms with Gasteiger partial charge in [-0.3, -0.25) is 9.69 Å². The van der Waals surface area contributed by atoms with E-state index in [-0.39, 0.29) is 12.3 Å². The number of rotatable bonds is 8. The predicted octanol–water partition coefficient (Wildman–Crippen LogP) is 4.81. The van der Waals surface area contributed by atoms with Crippen molar-refractivity contribution in [2.45, 2.75) is 46.8 Å². The summed E-state index contributed by atoms with van der Waals surface area (Å²) in [6.45, 7) is 9.10. The van der Waals surface area contributed by atoms with E-state index in [0.29, 0.717) is 6.61 Å². The van der Waals surface area contributed by atoms with Crippen LogP contribution in [0.15, 0.2) is 48.7 Å². The quantitative estimate of drug-likeness (QED) is 0.536. The minimum atomic E-state index is -0.741. The zero-order valence-electron chi connectivity index (χ0n) is 19.5. The molecule has 0 radical (unpaired) electrons. The van der Waals surface area contributed by atoms with Crippen LogP contribution in [0, 0.1) is 19.8 Å². The predicted molar refractivity (Wildman–Crippen MR) is 128 cm³/mol. The second kappa shape index (κ2) is 10.1. The molecule has 0 saturated heterocycles. The largest absolute Gasteiger partial charge is 0.489 e. The van der Waals surface area contributed by atoms with Crippen molar-refractivity contribution in [3.8, 4) is 17.1 Å². The molecule has 1 atom stereocenters. The smallest absolute Gasteiger partial charge is 0.303 e. The number of aryl methyl sites for hydroxylation is 2. The summed E-state index contributed by atoms with van der Waals surface area (Å²) in [6.07, 6.45) is 2.97. The molecule has 6 nitrogen and oxygen atoms in total. The minimum Gasteiger partial charge on any atom is -0.489 e. The van der Waals surface area contributed by atoms with Gasteiger partial charge in [0.2, 0.25) is 0 Å². The van der Waals surface area contributed by atoms with E-state index in [1.165, 1.54) is 11.1 Å². The van der Waals surface area contributed by atoms with Gasteiger partial charge in [0.25, 0.3) is 0 Å². The van der Waals surface area contributed by atoms with Crippen molar-refractivity contribution in [1.82, 2.24) is 14.9 Å². The second-order valence-electron chi connectivity index (χ2n) is 9.05. The van der Waals surface area contributed by atoms with Gasteiger partial charge in [-0.25, -0.2) is 9.97 Å². The molecule has 2 aromatic carbocycles. The van der Waals surface area contributed by atoms with Crippen LogP contribution in [0.4, 0.5) is 0 Å². The fourth-order valence-electron chi connectivity index (χ4n) is 4.35. The van der Waals surface area contributed by atoms with Crippen LogP contribution < -0.4 is 4.74 Å². The van der Waals surface area contributed by atoms with Crippen molar-refractivity contribution < 1.29 is 14.6 Å². The van der Waals surface area contributed by atoms with Gasteiger partial charge in [-0.1, -0.05) is 31.2 Å². The fraction of sp³-hybridized carbons (Fsp3) is 0.370. The molecule has 0 unspecified atom stereocenters. The molecular formula is C27H31N3O3. The van der Waals surface area contributed by atoms with E-state index in [9.17, 15) is 4.79 Å². The Morgan fingerprint density at radius 1 is 1.18 bits per heavy atom. The molecule has 1 aromatic heterocycles. The van der Waals surface area contributed by atoms with Gasteiger partial charge in [0.15, 0.2) is 5.82 Å². The number of nitrogens with zero attached hydrogens (tertiary/aromatic N) is 3. The monoisotopic (exact) mass is 445 g/mol. The van der Waals surface area contributed by atoms with Crippen molar-refractivity contribution in [1.29, 1.82) is 0 Å². The summed E-state index contributed by atoms with van der Waals surface area (Å²) in [4.78, 5) is 22.7. The molecule has 1 aliphatic heterocycles. The summed E-state index contributed by atoms with van der Waals surface area (Å²) in [5.74, 6) is 0.981. The number of carbonyl (C=O) groups is 1. The summed E-state index contributed by atoms with van der Waals surface area (Å²) in [5, 5.41) is 8.99. The van der Waals surface area contributed by atoms with Crippen LogP contribution in [0.1, 0.15) is 41.3 Å². The van der Waals surface area contributed by atoms with Crippen LogP contribution in [0.5, 0.6) is 5.75 Å². The normalized spacial score (nSPS) is 14.5. The van der Waals surface area contributed by atoms with Gasteiger partial charge in [-0.2, -0.15) is 0 Å². The van der Waals surface area contributed by atoms with Gasteiger partial charge >= 0.3 is 5.97 Å². The Kier molecular flexibility index (Phi) is 7.04. The zero-order valence-corrected chi connectivity index (χ0v) is 19.5. The maximum atomic E-state index is 10.9. The van der Waals surface area contributed by atoms with E-state index in [1.54, 1.807) is 0 Å². The van der Waals surface area contributed by atoms with Crippen LogP contribution in [0.3, 0.4) is 0 Å². The highest BCUT2D eigenvalue weighted by Gasteiger charge is 2.21. The summed E-state index contributed by atoms with van der Waals surface area (Å²) < 4.78 is 6.07. The number of hydrogen-bond acceptors (Lipinski definition) is 5. The molecule has 33 heavy (non-hydrogen) atoms. The van der Waals surface area contributed by atoms with Crippen molar-refractivity contribution in [3.63, 3.8) is 0 Å². The minimum absolute atomic E-state index is 0.124. The molecule has 1 aliphatic rings. The van der Waals surface area contributed by atoms with Crippen LogP contribution in [0.25, 0.3) is 11.4 Å². The maximum absolute atomic E-state index is 10.9. The summed E-state index contributed by atoms with van der Waals surface area (Å²) >= 11 is 0. The Morgan fingerprint density at radius 3 is 2.76 bits per heavy atom. The Morgan fingerprint density at radius 2 is 2.00 bits per heavy atom. The van der Waals surface area contributed by atoms with E-state index >= 15 is 0 Å². The third-order valence-corrected chi connectivity index (χ3v) is 6.18. The van der Waals surface area contributed by atoms with Gasteiger partial charge in [-0.05, 0) is 54.7 Å². The SMILES string of the molecule is Cc1ccccc1COc1ccc(-c2ncc3c(n2)CCN(C[C@H](C)CC(=O)O)C3)cc1C. The molecule has 3 aromatic rings. The van der Waals surface area contributed by atoms with Crippen molar-refractivity contribution in [2.24, 2.45) is 5.92 Å². The van der Waals surface area contributed by atoms with Crippen LogP contribution in [0.2, 0.25) is 0 Å². The summed E-state index contributed by atoms with van der Waals surface area (Å²) in [5.41, 5.74) is 6.66. The third kappa shape index (κ3) is 5.76. The molecule has 0 bridgehead atoms. The first kappa shape index (κ1) is 22.9. The Balaban J connectivity index is 1.42. The number of hydrogen-bond donors (Lipinski definition) is 1. The average Bonchev–Trinajstić information content (AvgIpc) is 2.78. The molecule has 4 rings (SSSR count). The lowest BCUT2D eigenvalue weighted by Crippen LogP contribution is -2.35. The number of carboxylic acid groups (broad SMARTS) is 1. The average molecular weight is 446 g/mol. The first-order valence-corrected chi connectivity index (χ1v) is 11.5. The molecule has 2 heterocycles. The topological polar surface area (TPSA) is 75.6 Å². The molecular weight excluding hydrogens is 414 g/mol. The number of ether oxygens (including phenoxy) is 1. The summed E-state index contributed by atoms with van der Waals surface area (Å²) in [7, 11) is 0. The van der Waals surface area contributed by atoms with Crippen molar-refractivity contribution in [3.05, 3.63) is 76.6 Å². The molecule has 0 fully saturated rings. The molecule has 1 N–H and O–H groups in total. The number of aliphatic carboxylic acids is 1. The highest BCUT2D eigenvalue weighted by Crippen LogP contribution is 2.27. The molecule has 6 heteroatoms. The van der Waals surface area contributed by atoms with Crippen molar-refractivity contribution >= 4 is 5.97 Å². The van der Waals surface area contributed by atoms with Crippen LogP contribution in [-0.4, -0.2) is 39.0 Å². The molecule has 0 amide bonds. The van der Waals surface area contributed by atoms with Gasteiger partial charge in [0.1, 0.15) is 12.4 Å². The molecule has 0 spiro atoms. The Labute approximate surface area is 195 Å². The van der Waals surface area contributed by atoms with E-state index in [0.717, 1.165) is 60.0 Å². The van der Waals surface area contributed by atoms with E-state index in [1.807, 2.05) is 44.3 Å². The fourth-order valence-corrected chi connectivity index (χ4v) is 4.35. The number of benzene rings is 2. The highest BCUT2D eigenvalue weighted by atomic mass is 16.5. The molecule has 0 saturated carbocycles. The first-order chi connectivity index (χ1) is 15.9. The van der Waals surface area contributed by atoms with E-state index < -0.39 is 5.97 Å². The lowest BCUT2D eigenvalue weighted by molar-refractivity contribution is -0.138. The zero-order chi connectivity index (χ0) is 23.4. The van der Waals surface area contributed by atoms with Crippen LogP contribution in [-0.2, 0) is 24.4 Å². The van der Waals surface area contributed by atoms with Gasteiger partial charge < -0.3 is 9.84 Å². The lowest BCUT2D eigenvalue weighted by atomic mass is 10.0. The third-order valence-electron chi connectivity index (χ3n) is 6.18. The standard InChI is InChI=1S/C27H31N3O3/c1-18(12-26(31)32)15-30-11-10-24-23(16-30)14-28-27(29-24)21-8-9-25(20(3)13-21)33-17-22-7-5-4-6-19(22)2/h4-9,13-14,18H,10-12,15-17H2,1-3H3,(H,31,32)/t18-/m1/s1. The lowest BCUT2D eigenvalue weighted by Gasteiger charge is -2.29. The van der Waals surface area contributed by atoms with E-state index in [4.69, 9.17) is 14.8 Å². The summed E-state index contributed by atoms with van der Waals surface area (Å²) in [6, 6.07) is 14.4. The Bertz CT molecular complexity index is 1150. The highest BCUT2D eigenvalue weighted by molar-refractivity contribution is 5.67. The van der Waals surface area contributed by atoms with Gasteiger partial charge in [-0.15, -0.1) is 0 Å². The first-order valence-electron chi connectivity index (χ1n) is 11.5. The van der Waals surface area contributed by atoms with Crippen molar-refractivity contribution in [2.75, 3.05) is 13.1 Å². The maximum Gasteiger partial charge on any atom is 0.303 e. The van der Waals surface area contributed by atoms with Gasteiger partial charge in [0.05, 0.1) is 5.69 Å². The van der Waals surface area contributed by atoms with Crippen LogP contribution >= 0.6 is 0 Å². The van der Waals surface area contributed by atoms with Gasteiger partial charge in [0, 0.05) is 49.8 Å². The second-order valence-corrected chi connectivity index (χ2v) is 9.05.